The second kappa shape index (κ2) is 11.1. The van der Waals surface area contributed by atoms with E-state index < -0.39 is 23.1 Å². The van der Waals surface area contributed by atoms with Crippen molar-refractivity contribution in [1.29, 1.82) is 5.26 Å². The van der Waals surface area contributed by atoms with Crippen molar-refractivity contribution in [2.75, 3.05) is 18.0 Å². The molecule has 0 unspecified atom stereocenters. The summed E-state index contributed by atoms with van der Waals surface area (Å²) in [4.78, 5) is 18.2. The average Bonchev–Trinajstić information content (AvgIpc) is 3.46. The normalized spacial score (nSPS) is 14.9. The molecule has 1 aliphatic rings. The van der Waals surface area contributed by atoms with Crippen molar-refractivity contribution in [2.24, 2.45) is 5.41 Å². The molecule has 3 heterocycles. The Morgan fingerprint density at radius 3 is 2.42 bits per heavy atom. The highest BCUT2D eigenvalue weighted by Crippen LogP contribution is 2.39. The second-order valence-electron chi connectivity index (χ2n) is 9.45. The van der Waals surface area contributed by atoms with Crippen molar-refractivity contribution in [3.05, 3.63) is 89.2 Å². The van der Waals surface area contributed by atoms with Crippen molar-refractivity contribution >= 4 is 11.8 Å². The fourth-order valence-corrected chi connectivity index (χ4v) is 4.62. The van der Waals surface area contributed by atoms with Gasteiger partial charge in [0.2, 0.25) is 5.82 Å². The number of halogens is 3. The minimum absolute atomic E-state index is 0.0256. The van der Waals surface area contributed by atoms with Gasteiger partial charge in [-0.25, -0.2) is 4.79 Å². The Kier molecular flexibility index (Phi) is 7.46. The van der Waals surface area contributed by atoms with Gasteiger partial charge in [0.05, 0.1) is 22.6 Å². The highest BCUT2D eigenvalue weighted by atomic mass is 19.4. The number of aromatic nitrogens is 4. The van der Waals surface area contributed by atoms with Crippen LogP contribution < -0.4 is 4.90 Å². The quantitative estimate of drug-likeness (QED) is 0.285. The van der Waals surface area contributed by atoms with Crippen LogP contribution in [-0.4, -0.2) is 39.4 Å². The molecule has 0 saturated carbocycles. The van der Waals surface area contributed by atoms with Gasteiger partial charge in [0.15, 0.2) is 18.1 Å². The number of alkyl halides is 3. The van der Waals surface area contributed by atoms with E-state index in [2.05, 4.69) is 26.4 Å². The summed E-state index contributed by atoms with van der Waals surface area (Å²) >= 11 is 0. The van der Waals surface area contributed by atoms with E-state index in [4.69, 9.17) is 9.26 Å². The van der Waals surface area contributed by atoms with E-state index in [1.165, 1.54) is 12.1 Å². The van der Waals surface area contributed by atoms with Crippen LogP contribution in [0.1, 0.15) is 40.2 Å². The maximum atomic E-state index is 13.5. The molecule has 12 heteroatoms. The molecule has 0 bridgehead atoms. The van der Waals surface area contributed by atoms with Gasteiger partial charge < -0.3 is 14.2 Å². The van der Waals surface area contributed by atoms with Crippen LogP contribution in [0.5, 0.6) is 0 Å². The molecule has 0 spiro atoms. The molecule has 0 radical (unpaired) electrons. The van der Waals surface area contributed by atoms with Gasteiger partial charge >= 0.3 is 12.1 Å². The van der Waals surface area contributed by atoms with Crippen LogP contribution >= 0.6 is 0 Å². The smallest absolute Gasteiger partial charge is 0.416 e. The Bertz CT molecular complexity index is 1510. The molecule has 1 fully saturated rings. The highest BCUT2D eigenvalue weighted by molar-refractivity contribution is 5.89. The Hall–Kier alpha value is -4.79. The van der Waals surface area contributed by atoms with Gasteiger partial charge in [0, 0.05) is 13.1 Å². The van der Waals surface area contributed by atoms with Crippen molar-refractivity contribution in [3.8, 4) is 17.7 Å². The van der Waals surface area contributed by atoms with E-state index in [1.54, 1.807) is 48.5 Å². The van der Waals surface area contributed by atoms with Crippen LogP contribution in [0, 0.1) is 16.7 Å². The molecular weight excluding hydrogens is 525 g/mol. The van der Waals surface area contributed by atoms with Crippen molar-refractivity contribution in [1.82, 2.24) is 20.3 Å². The lowest BCUT2D eigenvalue weighted by molar-refractivity contribution is -0.138. The van der Waals surface area contributed by atoms with Crippen LogP contribution in [-0.2, 0) is 23.9 Å². The van der Waals surface area contributed by atoms with Crippen LogP contribution in [0.3, 0.4) is 0 Å². The first-order chi connectivity index (χ1) is 19.3. The van der Waals surface area contributed by atoms with Gasteiger partial charge in [-0.15, -0.1) is 10.2 Å². The monoisotopic (exact) mass is 548 g/mol. The molecule has 2 aromatic heterocycles. The van der Waals surface area contributed by atoms with E-state index >= 15 is 0 Å². The number of nitrogens with zero attached hydrogens (tertiary/aromatic N) is 6. The Morgan fingerprint density at radius 2 is 1.75 bits per heavy atom. The number of anilines is 1. The fourth-order valence-electron chi connectivity index (χ4n) is 4.62. The van der Waals surface area contributed by atoms with Crippen LogP contribution in [0.2, 0.25) is 0 Å². The second-order valence-corrected chi connectivity index (χ2v) is 9.45. The van der Waals surface area contributed by atoms with Crippen LogP contribution in [0.25, 0.3) is 11.6 Å². The summed E-state index contributed by atoms with van der Waals surface area (Å²) in [5.74, 6) is 0.321. The molecule has 0 atom stereocenters. The molecular formula is C28H23F3N6O3. The first kappa shape index (κ1) is 26.8. The zero-order valence-corrected chi connectivity index (χ0v) is 21.1. The Balaban J connectivity index is 1.19. The van der Waals surface area contributed by atoms with Gasteiger partial charge in [-0.1, -0.05) is 41.6 Å². The number of piperidine rings is 1. The number of esters is 1. The number of carbonyl (C=O) groups is 1. The molecule has 5 rings (SSSR count). The van der Waals surface area contributed by atoms with Gasteiger partial charge in [-0.05, 0) is 55.2 Å². The summed E-state index contributed by atoms with van der Waals surface area (Å²) < 4.78 is 50.8. The van der Waals surface area contributed by atoms with Gasteiger partial charge in [-0.2, -0.15) is 23.4 Å². The largest absolute Gasteiger partial charge is 0.454 e. The molecule has 9 nitrogen and oxygen atoms in total. The molecule has 1 saturated heterocycles. The maximum absolute atomic E-state index is 13.5. The number of hydrogen-bond acceptors (Lipinski definition) is 9. The minimum Gasteiger partial charge on any atom is -0.454 e. The summed E-state index contributed by atoms with van der Waals surface area (Å²) in [5, 5.41) is 22.1. The van der Waals surface area contributed by atoms with Crippen molar-refractivity contribution < 1.29 is 27.2 Å². The SMILES string of the molecule is N#CC1(Cc2ccccc2C(F)(F)F)CCN(c2ccc(-c3nc(COC(=O)c4ccccc4)no3)nn2)CC1. The maximum Gasteiger partial charge on any atom is 0.416 e. The van der Waals surface area contributed by atoms with Crippen LogP contribution in [0.15, 0.2) is 71.3 Å². The number of rotatable bonds is 7. The molecule has 4 aromatic rings. The molecule has 2 aromatic carbocycles. The molecule has 0 aliphatic carbocycles. The molecule has 40 heavy (non-hydrogen) atoms. The summed E-state index contributed by atoms with van der Waals surface area (Å²) in [6.45, 7) is 0.700. The van der Waals surface area contributed by atoms with Gasteiger partial charge in [0.25, 0.3) is 5.89 Å². The van der Waals surface area contributed by atoms with E-state index in [0.29, 0.717) is 43.0 Å². The predicted molar refractivity (Wildman–Crippen MR) is 136 cm³/mol. The Labute approximate surface area is 227 Å². The number of benzene rings is 2. The Morgan fingerprint density at radius 1 is 1.02 bits per heavy atom. The lowest BCUT2D eigenvalue weighted by Gasteiger charge is -2.38. The van der Waals surface area contributed by atoms with Gasteiger partial charge in [-0.3, -0.25) is 0 Å². The lowest BCUT2D eigenvalue weighted by Crippen LogP contribution is -2.41. The molecule has 204 valence electrons. The van der Waals surface area contributed by atoms with Crippen LogP contribution in [0.4, 0.5) is 19.0 Å². The standard InChI is InChI=1S/C28H23F3N6O3/c29-28(30,31)21-9-5-4-8-20(21)16-27(18-32)12-14-37(15-13-27)24-11-10-22(34-35-24)25-33-23(36-40-25)17-39-26(38)19-6-2-1-3-7-19/h1-11H,12-17H2. The summed E-state index contributed by atoms with van der Waals surface area (Å²) in [6.07, 6.45) is -3.68. The first-order valence-electron chi connectivity index (χ1n) is 12.5. The van der Waals surface area contributed by atoms with E-state index in [0.717, 1.165) is 6.07 Å². The van der Waals surface area contributed by atoms with E-state index in [1.807, 2.05) is 4.90 Å². The number of nitriles is 1. The first-order valence-corrected chi connectivity index (χ1v) is 12.5. The summed E-state index contributed by atoms with van der Waals surface area (Å²) in [5.41, 5.74) is -0.752. The highest BCUT2D eigenvalue weighted by Gasteiger charge is 2.39. The topological polar surface area (TPSA) is 118 Å². The molecule has 0 N–H and O–H groups in total. The molecule has 1 aliphatic heterocycles. The third-order valence-corrected chi connectivity index (χ3v) is 6.81. The number of carbonyl (C=O) groups excluding carboxylic acids is 1. The average molecular weight is 549 g/mol. The van der Waals surface area contributed by atoms with Crippen molar-refractivity contribution in [3.63, 3.8) is 0 Å². The van der Waals surface area contributed by atoms with Gasteiger partial charge in [0.1, 0.15) is 0 Å². The minimum atomic E-state index is -4.48. The number of ether oxygens (including phenoxy) is 1. The van der Waals surface area contributed by atoms with Crippen molar-refractivity contribution in [2.45, 2.75) is 32.0 Å². The van der Waals surface area contributed by atoms with E-state index in [-0.39, 0.29) is 30.3 Å². The molecule has 0 amide bonds. The third kappa shape index (κ3) is 5.93. The fraction of sp³-hybridized carbons (Fsp3) is 0.286. The zero-order valence-electron chi connectivity index (χ0n) is 21.1. The zero-order chi connectivity index (χ0) is 28.2. The lowest BCUT2D eigenvalue weighted by atomic mass is 9.74. The van der Waals surface area contributed by atoms with E-state index in [9.17, 15) is 23.2 Å². The summed E-state index contributed by atoms with van der Waals surface area (Å²) in [6, 6.07) is 19.6. The summed E-state index contributed by atoms with van der Waals surface area (Å²) in [7, 11) is 0. The predicted octanol–water partition coefficient (Wildman–Crippen LogP) is 5.26. The third-order valence-electron chi connectivity index (χ3n) is 6.81. The number of hydrogen-bond donors (Lipinski definition) is 0.